The third kappa shape index (κ3) is 3.52. The highest BCUT2D eigenvalue weighted by atomic mass is 32.2. The van der Waals surface area contributed by atoms with Crippen LogP contribution in [0.4, 0.5) is 0 Å². The molecule has 0 bridgehead atoms. The van der Waals surface area contributed by atoms with Gasteiger partial charge in [0.05, 0.1) is 17.7 Å². The summed E-state index contributed by atoms with van der Waals surface area (Å²) < 4.78 is 31.9. The Bertz CT molecular complexity index is 770. The molecule has 23 heavy (non-hydrogen) atoms. The molecule has 0 unspecified atom stereocenters. The van der Waals surface area contributed by atoms with Crippen molar-refractivity contribution >= 4 is 21.8 Å². The molecule has 0 atom stereocenters. The average molecular weight is 350 g/mol. The summed E-state index contributed by atoms with van der Waals surface area (Å²) in [7, 11) is -1.83. The van der Waals surface area contributed by atoms with Gasteiger partial charge in [-0.15, -0.1) is 0 Å². The predicted molar refractivity (Wildman–Crippen MR) is 92.3 cm³/mol. The number of thioether (sulfide) groups is 1. The van der Waals surface area contributed by atoms with Crippen molar-refractivity contribution in [3.05, 3.63) is 42.5 Å². The van der Waals surface area contributed by atoms with Crippen LogP contribution in [-0.4, -0.2) is 49.4 Å². The maximum atomic E-state index is 12.6. The van der Waals surface area contributed by atoms with Crippen molar-refractivity contribution < 1.29 is 13.2 Å². The summed E-state index contributed by atoms with van der Waals surface area (Å²) in [4.78, 5) is 4.69. The number of sulfonamides is 1. The zero-order chi connectivity index (χ0) is 16.3. The fourth-order valence-corrected chi connectivity index (χ4v) is 5.00. The number of pyridine rings is 1. The van der Waals surface area contributed by atoms with Crippen LogP contribution < -0.4 is 4.74 Å². The summed E-state index contributed by atoms with van der Waals surface area (Å²) in [5, 5.41) is 0. The first-order valence-corrected chi connectivity index (χ1v) is 9.90. The lowest BCUT2D eigenvalue weighted by Gasteiger charge is -2.25. The second-order valence-corrected chi connectivity index (χ2v) is 8.27. The van der Waals surface area contributed by atoms with Crippen molar-refractivity contribution in [2.75, 3.05) is 31.7 Å². The second kappa shape index (κ2) is 6.90. The van der Waals surface area contributed by atoms with E-state index in [1.165, 1.54) is 0 Å². The van der Waals surface area contributed by atoms with Gasteiger partial charge in [-0.2, -0.15) is 16.1 Å². The molecule has 1 aromatic carbocycles. The Labute approximate surface area is 140 Å². The van der Waals surface area contributed by atoms with Gasteiger partial charge in [0.15, 0.2) is 0 Å². The van der Waals surface area contributed by atoms with Crippen molar-refractivity contribution in [3.63, 3.8) is 0 Å². The van der Waals surface area contributed by atoms with Gasteiger partial charge < -0.3 is 4.74 Å². The van der Waals surface area contributed by atoms with Crippen LogP contribution in [0.15, 0.2) is 47.4 Å². The molecule has 5 nitrogen and oxygen atoms in total. The largest absolute Gasteiger partial charge is 0.481 e. The van der Waals surface area contributed by atoms with Gasteiger partial charge in [0.25, 0.3) is 0 Å². The maximum absolute atomic E-state index is 12.6. The Morgan fingerprint density at radius 1 is 1.09 bits per heavy atom. The molecule has 0 aliphatic carbocycles. The molecular weight excluding hydrogens is 332 g/mol. The number of nitrogens with zero attached hydrogens (tertiary/aromatic N) is 2. The van der Waals surface area contributed by atoms with E-state index in [2.05, 4.69) is 4.98 Å². The number of methoxy groups -OCH3 is 1. The van der Waals surface area contributed by atoms with Crippen LogP contribution in [0, 0.1) is 0 Å². The molecule has 2 heterocycles. The van der Waals surface area contributed by atoms with Crippen molar-refractivity contribution in [1.82, 2.24) is 9.29 Å². The van der Waals surface area contributed by atoms with Gasteiger partial charge >= 0.3 is 0 Å². The van der Waals surface area contributed by atoms with E-state index in [1.54, 1.807) is 53.5 Å². The minimum absolute atomic E-state index is 0.330. The van der Waals surface area contributed by atoms with E-state index in [1.807, 2.05) is 12.1 Å². The van der Waals surface area contributed by atoms with E-state index < -0.39 is 10.0 Å². The summed E-state index contributed by atoms with van der Waals surface area (Å²) >= 11 is 1.79. The van der Waals surface area contributed by atoms with E-state index in [-0.39, 0.29) is 0 Å². The highest BCUT2D eigenvalue weighted by molar-refractivity contribution is 7.99. The number of ether oxygens (including phenoxy) is 1. The van der Waals surface area contributed by atoms with Crippen LogP contribution in [0.1, 0.15) is 0 Å². The quantitative estimate of drug-likeness (QED) is 0.848. The molecule has 0 radical (unpaired) electrons. The fraction of sp³-hybridized carbons (Fsp3) is 0.312. The van der Waals surface area contributed by atoms with Gasteiger partial charge in [-0.3, -0.25) is 0 Å². The molecule has 1 aliphatic heterocycles. The number of hydrogen-bond donors (Lipinski definition) is 0. The summed E-state index contributed by atoms with van der Waals surface area (Å²) in [5.74, 6) is 2.24. The molecule has 1 fully saturated rings. The standard InChI is InChI=1S/C16H18N2O3S2/c1-21-16-4-2-3-15(17-16)13-5-7-14(8-6-13)23(19,20)18-9-11-22-12-10-18/h2-8H,9-12H2,1H3. The first-order valence-electron chi connectivity index (χ1n) is 7.30. The Hall–Kier alpha value is -1.57. The maximum Gasteiger partial charge on any atom is 0.243 e. The van der Waals surface area contributed by atoms with Crippen molar-refractivity contribution in [3.8, 4) is 17.1 Å². The Morgan fingerprint density at radius 3 is 2.43 bits per heavy atom. The fourth-order valence-electron chi connectivity index (χ4n) is 2.42. The highest BCUT2D eigenvalue weighted by Crippen LogP contribution is 2.24. The Kier molecular flexibility index (Phi) is 4.89. The van der Waals surface area contributed by atoms with Crippen molar-refractivity contribution in [1.29, 1.82) is 0 Å². The van der Waals surface area contributed by atoms with Crippen LogP contribution in [0.2, 0.25) is 0 Å². The lowest BCUT2D eigenvalue weighted by molar-refractivity contribution is 0.398. The first kappa shape index (κ1) is 16.3. The topological polar surface area (TPSA) is 59.5 Å². The molecule has 3 rings (SSSR count). The van der Waals surface area contributed by atoms with E-state index >= 15 is 0 Å². The third-order valence-corrected chi connectivity index (χ3v) is 6.55. The molecule has 1 aromatic heterocycles. The molecule has 0 spiro atoms. The average Bonchev–Trinajstić information content (AvgIpc) is 2.62. The van der Waals surface area contributed by atoms with Crippen LogP contribution in [0.3, 0.4) is 0 Å². The van der Waals surface area contributed by atoms with E-state index in [4.69, 9.17) is 4.74 Å². The minimum Gasteiger partial charge on any atom is -0.481 e. The molecule has 1 aliphatic rings. The third-order valence-electron chi connectivity index (χ3n) is 3.69. The van der Waals surface area contributed by atoms with Gasteiger partial charge in [0.1, 0.15) is 0 Å². The molecule has 2 aromatic rings. The van der Waals surface area contributed by atoms with Crippen LogP contribution in [0.25, 0.3) is 11.3 Å². The summed E-state index contributed by atoms with van der Waals surface area (Å²) in [5.41, 5.74) is 1.61. The summed E-state index contributed by atoms with van der Waals surface area (Å²) in [6.45, 7) is 1.15. The number of aromatic nitrogens is 1. The van der Waals surface area contributed by atoms with E-state index in [9.17, 15) is 8.42 Å². The monoisotopic (exact) mass is 350 g/mol. The van der Waals surface area contributed by atoms with Crippen LogP contribution in [0.5, 0.6) is 5.88 Å². The zero-order valence-corrected chi connectivity index (χ0v) is 14.4. The Balaban J connectivity index is 1.86. The summed E-state index contributed by atoms with van der Waals surface area (Å²) in [6.07, 6.45) is 0. The zero-order valence-electron chi connectivity index (χ0n) is 12.8. The van der Waals surface area contributed by atoms with E-state index in [0.29, 0.717) is 23.9 Å². The molecule has 0 N–H and O–H groups in total. The molecule has 0 amide bonds. The molecule has 1 saturated heterocycles. The molecule has 0 saturated carbocycles. The molecular formula is C16H18N2O3S2. The SMILES string of the molecule is COc1cccc(-c2ccc(S(=O)(=O)N3CCSCC3)cc2)n1. The lowest BCUT2D eigenvalue weighted by atomic mass is 10.1. The van der Waals surface area contributed by atoms with Gasteiger partial charge in [0.2, 0.25) is 15.9 Å². The molecule has 7 heteroatoms. The van der Waals surface area contributed by atoms with Gasteiger partial charge in [-0.1, -0.05) is 18.2 Å². The first-order chi connectivity index (χ1) is 11.1. The minimum atomic E-state index is -3.40. The normalized spacial score (nSPS) is 16.2. The number of benzene rings is 1. The van der Waals surface area contributed by atoms with Crippen LogP contribution >= 0.6 is 11.8 Å². The predicted octanol–water partition coefficient (Wildman–Crippen LogP) is 2.49. The number of hydrogen-bond acceptors (Lipinski definition) is 5. The second-order valence-electron chi connectivity index (χ2n) is 5.11. The van der Waals surface area contributed by atoms with Gasteiger partial charge in [0, 0.05) is 36.2 Å². The van der Waals surface area contributed by atoms with Crippen molar-refractivity contribution in [2.24, 2.45) is 0 Å². The van der Waals surface area contributed by atoms with Gasteiger partial charge in [-0.25, -0.2) is 13.4 Å². The Morgan fingerprint density at radius 2 is 1.78 bits per heavy atom. The summed E-state index contributed by atoms with van der Waals surface area (Å²) in [6, 6.07) is 12.4. The van der Waals surface area contributed by atoms with E-state index in [0.717, 1.165) is 22.8 Å². The number of rotatable bonds is 4. The molecule has 122 valence electrons. The smallest absolute Gasteiger partial charge is 0.243 e. The van der Waals surface area contributed by atoms with Crippen molar-refractivity contribution in [2.45, 2.75) is 4.90 Å². The van der Waals surface area contributed by atoms with Gasteiger partial charge in [-0.05, 0) is 18.2 Å². The highest BCUT2D eigenvalue weighted by Gasteiger charge is 2.25. The van der Waals surface area contributed by atoms with Crippen LogP contribution in [-0.2, 0) is 10.0 Å². The lowest BCUT2D eigenvalue weighted by Crippen LogP contribution is -2.37.